The van der Waals surface area contributed by atoms with E-state index in [1.807, 2.05) is 13.8 Å². The Morgan fingerprint density at radius 3 is 2.00 bits per heavy atom. The molecule has 0 saturated carbocycles. The smallest absolute Gasteiger partial charge is 0.338 e. The first-order valence-electron chi connectivity index (χ1n) is 6.08. The summed E-state index contributed by atoms with van der Waals surface area (Å²) >= 11 is 0. The van der Waals surface area contributed by atoms with Crippen molar-refractivity contribution in [3.8, 4) is 17.2 Å². The summed E-state index contributed by atoms with van der Waals surface area (Å²) in [7, 11) is 4.51. The van der Waals surface area contributed by atoms with Crippen molar-refractivity contribution in [1.29, 1.82) is 0 Å². The third kappa shape index (κ3) is 3.53. The number of carbonyl (C=O) groups is 1. The molecule has 0 radical (unpaired) electrons. The minimum Gasteiger partial charge on any atom is -0.493 e. The number of hydrogen-bond acceptors (Lipinski definition) is 5. The van der Waals surface area contributed by atoms with E-state index in [0.717, 1.165) is 6.42 Å². The van der Waals surface area contributed by atoms with Gasteiger partial charge in [-0.25, -0.2) is 4.79 Å². The van der Waals surface area contributed by atoms with Crippen molar-refractivity contribution in [1.82, 2.24) is 0 Å². The lowest BCUT2D eigenvalue weighted by molar-refractivity contribution is 0.0333. The van der Waals surface area contributed by atoms with Gasteiger partial charge in [-0.15, -0.1) is 0 Å². The SMILES string of the molecule is CCC(C)OC(=O)c1cc(OC)c(OC)c(OC)c1. The highest BCUT2D eigenvalue weighted by atomic mass is 16.5. The monoisotopic (exact) mass is 268 g/mol. The maximum absolute atomic E-state index is 12.0. The number of carbonyl (C=O) groups excluding carboxylic acids is 1. The van der Waals surface area contributed by atoms with Gasteiger partial charge in [0.25, 0.3) is 0 Å². The molecule has 5 heteroatoms. The van der Waals surface area contributed by atoms with Crippen LogP contribution in [0.1, 0.15) is 30.6 Å². The van der Waals surface area contributed by atoms with E-state index in [0.29, 0.717) is 22.8 Å². The van der Waals surface area contributed by atoms with E-state index in [9.17, 15) is 4.79 Å². The summed E-state index contributed by atoms with van der Waals surface area (Å²) in [5, 5.41) is 0. The molecule has 5 nitrogen and oxygen atoms in total. The van der Waals surface area contributed by atoms with Gasteiger partial charge >= 0.3 is 5.97 Å². The zero-order valence-corrected chi connectivity index (χ0v) is 12.0. The second-order valence-electron chi connectivity index (χ2n) is 4.04. The molecule has 0 aliphatic carbocycles. The zero-order valence-electron chi connectivity index (χ0n) is 12.0. The number of hydrogen-bond donors (Lipinski definition) is 0. The summed E-state index contributed by atoms with van der Waals surface area (Å²) in [6, 6.07) is 3.15. The van der Waals surface area contributed by atoms with Crippen LogP contribution in [0.15, 0.2) is 12.1 Å². The molecule has 1 aromatic carbocycles. The highest BCUT2D eigenvalue weighted by Crippen LogP contribution is 2.38. The first-order valence-corrected chi connectivity index (χ1v) is 6.08. The van der Waals surface area contributed by atoms with E-state index in [2.05, 4.69) is 0 Å². The Hall–Kier alpha value is -1.91. The highest BCUT2D eigenvalue weighted by molar-refractivity contribution is 5.91. The number of ether oxygens (including phenoxy) is 4. The predicted molar refractivity (Wildman–Crippen MR) is 71.3 cm³/mol. The molecule has 1 unspecified atom stereocenters. The number of benzene rings is 1. The standard InChI is InChI=1S/C14H20O5/c1-6-9(2)19-14(15)10-7-11(16-3)13(18-5)12(8-10)17-4/h7-9H,6H2,1-5H3. The van der Waals surface area contributed by atoms with Gasteiger partial charge in [0.15, 0.2) is 11.5 Å². The van der Waals surface area contributed by atoms with E-state index in [1.54, 1.807) is 12.1 Å². The summed E-state index contributed by atoms with van der Waals surface area (Å²) in [6.45, 7) is 3.79. The van der Waals surface area contributed by atoms with E-state index in [4.69, 9.17) is 18.9 Å². The number of rotatable bonds is 6. The van der Waals surface area contributed by atoms with Gasteiger partial charge in [0.1, 0.15) is 0 Å². The molecule has 0 bridgehead atoms. The van der Waals surface area contributed by atoms with Crippen LogP contribution in [0.25, 0.3) is 0 Å². The fraction of sp³-hybridized carbons (Fsp3) is 0.500. The average molecular weight is 268 g/mol. The van der Waals surface area contributed by atoms with Gasteiger partial charge in [-0.1, -0.05) is 6.92 Å². The van der Waals surface area contributed by atoms with Crippen LogP contribution in [0.2, 0.25) is 0 Å². The molecule has 106 valence electrons. The Kier molecular flexibility index (Phi) is 5.48. The molecular formula is C14H20O5. The van der Waals surface area contributed by atoms with Crippen molar-refractivity contribution in [3.63, 3.8) is 0 Å². The molecule has 1 atom stereocenters. The molecule has 0 fully saturated rings. The second kappa shape index (κ2) is 6.87. The van der Waals surface area contributed by atoms with Gasteiger partial charge < -0.3 is 18.9 Å². The summed E-state index contributed by atoms with van der Waals surface area (Å²) in [5.74, 6) is 0.898. The molecule has 0 aromatic heterocycles. The predicted octanol–water partition coefficient (Wildman–Crippen LogP) is 2.67. The molecule has 0 N–H and O–H groups in total. The minimum absolute atomic E-state index is 0.133. The van der Waals surface area contributed by atoms with Crippen LogP contribution in [0, 0.1) is 0 Å². The molecule has 0 aliphatic rings. The third-order valence-electron chi connectivity index (χ3n) is 2.78. The van der Waals surface area contributed by atoms with Gasteiger partial charge in [0.2, 0.25) is 5.75 Å². The lowest BCUT2D eigenvalue weighted by Crippen LogP contribution is -2.14. The number of methoxy groups -OCH3 is 3. The maximum Gasteiger partial charge on any atom is 0.338 e. The van der Waals surface area contributed by atoms with Gasteiger partial charge in [-0.2, -0.15) is 0 Å². The summed E-state index contributed by atoms with van der Waals surface area (Å²) in [4.78, 5) is 12.0. The first kappa shape index (κ1) is 15.1. The van der Waals surface area contributed by atoms with Gasteiger partial charge in [0, 0.05) is 0 Å². The quantitative estimate of drug-likeness (QED) is 0.742. The zero-order chi connectivity index (χ0) is 14.4. The van der Waals surface area contributed by atoms with Crippen LogP contribution in [-0.4, -0.2) is 33.4 Å². The molecule has 0 saturated heterocycles. The van der Waals surface area contributed by atoms with Crippen molar-refractivity contribution < 1.29 is 23.7 Å². The fourth-order valence-electron chi connectivity index (χ4n) is 1.53. The number of esters is 1. The van der Waals surface area contributed by atoms with E-state index >= 15 is 0 Å². The van der Waals surface area contributed by atoms with Crippen LogP contribution in [-0.2, 0) is 4.74 Å². The third-order valence-corrected chi connectivity index (χ3v) is 2.78. The summed E-state index contributed by atoms with van der Waals surface area (Å²) in [6.07, 6.45) is 0.627. The van der Waals surface area contributed by atoms with E-state index < -0.39 is 5.97 Å². The fourth-order valence-corrected chi connectivity index (χ4v) is 1.53. The maximum atomic E-state index is 12.0. The first-order chi connectivity index (χ1) is 9.07. The summed E-state index contributed by atoms with van der Waals surface area (Å²) in [5.41, 5.74) is 0.370. The van der Waals surface area contributed by atoms with Gasteiger partial charge in [-0.05, 0) is 25.5 Å². The Morgan fingerprint density at radius 2 is 1.63 bits per heavy atom. The molecule has 19 heavy (non-hydrogen) atoms. The Balaban J connectivity index is 3.12. The lowest BCUT2D eigenvalue weighted by Gasteiger charge is -2.15. The van der Waals surface area contributed by atoms with Crippen LogP contribution in [0.5, 0.6) is 17.2 Å². The highest BCUT2D eigenvalue weighted by Gasteiger charge is 2.18. The average Bonchev–Trinajstić information content (AvgIpc) is 2.44. The van der Waals surface area contributed by atoms with Gasteiger partial charge in [-0.3, -0.25) is 0 Å². The van der Waals surface area contributed by atoms with Crippen LogP contribution >= 0.6 is 0 Å². The van der Waals surface area contributed by atoms with Gasteiger partial charge in [0.05, 0.1) is 33.0 Å². The molecule has 1 rings (SSSR count). The van der Waals surface area contributed by atoms with E-state index in [1.165, 1.54) is 21.3 Å². The molecule has 1 aromatic rings. The van der Waals surface area contributed by atoms with Crippen molar-refractivity contribution in [2.45, 2.75) is 26.4 Å². The van der Waals surface area contributed by atoms with Crippen molar-refractivity contribution in [2.75, 3.05) is 21.3 Å². The van der Waals surface area contributed by atoms with Crippen LogP contribution in [0.3, 0.4) is 0 Å². The van der Waals surface area contributed by atoms with Crippen molar-refractivity contribution in [2.24, 2.45) is 0 Å². The van der Waals surface area contributed by atoms with E-state index in [-0.39, 0.29) is 6.10 Å². The molecule has 0 heterocycles. The molecule has 0 spiro atoms. The van der Waals surface area contributed by atoms with Crippen LogP contribution in [0.4, 0.5) is 0 Å². The molecular weight excluding hydrogens is 248 g/mol. The minimum atomic E-state index is -0.409. The Bertz CT molecular complexity index is 416. The Morgan fingerprint density at radius 1 is 1.11 bits per heavy atom. The van der Waals surface area contributed by atoms with Crippen molar-refractivity contribution >= 4 is 5.97 Å². The molecule has 0 aliphatic heterocycles. The Labute approximate surface area is 113 Å². The second-order valence-corrected chi connectivity index (χ2v) is 4.04. The normalized spacial score (nSPS) is 11.6. The van der Waals surface area contributed by atoms with Crippen LogP contribution < -0.4 is 14.2 Å². The lowest BCUT2D eigenvalue weighted by atomic mass is 10.2. The van der Waals surface area contributed by atoms with Crippen molar-refractivity contribution in [3.05, 3.63) is 17.7 Å². The largest absolute Gasteiger partial charge is 0.493 e. The topological polar surface area (TPSA) is 54.0 Å². The molecule has 0 amide bonds. The summed E-state index contributed by atoms with van der Waals surface area (Å²) < 4.78 is 20.8.